The number of aliphatic carboxylic acids is 1. The second-order valence-corrected chi connectivity index (χ2v) is 4.78. The Hall–Kier alpha value is -2.04. The Kier molecular flexibility index (Phi) is 6.03. The molecule has 0 aromatic heterocycles. The van der Waals surface area contributed by atoms with Gasteiger partial charge in [-0.2, -0.15) is 0 Å². The summed E-state index contributed by atoms with van der Waals surface area (Å²) in [6.45, 7) is 5.27. The molecule has 0 heterocycles. The summed E-state index contributed by atoms with van der Waals surface area (Å²) in [5.41, 5.74) is 0. The minimum atomic E-state index is -1.03. The van der Waals surface area contributed by atoms with Crippen LogP contribution in [0, 0.1) is 5.92 Å². The lowest BCUT2D eigenvalue weighted by atomic mass is 9.99. The van der Waals surface area contributed by atoms with Crippen molar-refractivity contribution in [1.29, 1.82) is 0 Å². The number of nitrogens with one attached hydrogen (secondary N) is 1. The molecule has 0 aliphatic rings. The molecule has 0 aliphatic heterocycles. The second kappa shape index (κ2) is 7.53. The Morgan fingerprint density at radius 3 is 2.35 bits per heavy atom. The normalized spacial score (nSPS) is 14.9. The molecular weight excluding hydrogens is 258 g/mol. The molecule has 1 aromatic rings. The summed E-state index contributed by atoms with van der Waals surface area (Å²) in [5, 5.41) is 11.7. The van der Waals surface area contributed by atoms with Gasteiger partial charge in [0.2, 0.25) is 0 Å². The van der Waals surface area contributed by atoms with Crippen LogP contribution in [0.5, 0.6) is 5.75 Å². The van der Waals surface area contributed by atoms with Crippen molar-refractivity contribution in [3.63, 3.8) is 0 Å². The average molecular weight is 279 g/mol. The smallest absolute Gasteiger partial charge is 0.326 e. The number of hydrogen-bond donors (Lipinski definition) is 2. The number of rotatable bonds is 7. The van der Waals surface area contributed by atoms with E-state index < -0.39 is 24.0 Å². The van der Waals surface area contributed by atoms with Gasteiger partial charge in [0.15, 0.2) is 6.10 Å². The van der Waals surface area contributed by atoms with Crippen LogP contribution < -0.4 is 10.1 Å². The highest BCUT2D eigenvalue weighted by Crippen LogP contribution is 2.12. The fourth-order valence-electron chi connectivity index (χ4n) is 1.71. The first-order valence-electron chi connectivity index (χ1n) is 6.70. The Morgan fingerprint density at radius 2 is 1.85 bits per heavy atom. The maximum absolute atomic E-state index is 12.0. The molecule has 0 radical (unpaired) electrons. The molecule has 5 nitrogen and oxygen atoms in total. The summed E-state index contributed by atoms with van der Waals surface area (Å²) in [5.74, 6) is -1.02. The van der Waals surface area contributed by atoms with Gasteiger partial charge < -0.3 is 15.2 Å². The van der Waals surface area contributed by atoms with Crippen molar-refractivity contribution in [2.45, 2.75) is 39.3 Å². The van der Waals surface area contributed by atoms with Gasteiger partial charge in [0.05, 0.1) is 0 Å². The summed E-state index contributed by atoms with van der Waals surface area (Å²) in [4.78, 5) is 23.1. The fraction of sp³-hybridized carbons (Fsp3) is 0.467. The lowest BCUT2D eigenvalue weighted by molar-refractivity contribution is -0.144. The largest absolute Gasteiger partial charge is 0.481 e. The second-order valence-electron chi connectivity index (χ2n) is 4.78. The predicted octanol–water partition coefficient (Wildman–Crippen LogP) is 2.07. The Bertz CT molecular complexity index is 446. The maximum Gasteiger partial charge on any atom is 0.326 e. The van der Waals surface area contributed by atoms with Crippen LogP contribution in [0.2, 0.25) is 0 Å². The predicted molar refractivity (Wildman–Crippen MR) is 75.6 cm³/mol. The summed E-state index contributed by atoms with van der Waals surface area (Å²) in [7, 11) is 0. The number of para-hydroxylation sites is 1. The third kappa shape index (κ3) is 4.57. The van der Waals surface area contributed by atoms with Gasteiger partial charge in [0.1, 0.15) is 11.8 Å². The summed E-state index contributed by atoms with van der Waals surface area (Å²) >= 11 is 0. The zero-order chi connectivity index (χ0) is 15.1. The van der Waals surface area contributed by atoms with Crippen LogP contribution >= 0.6 is 0 Å². The zero-order valence-electron chi connectivity index (χ0n) is 12.0. The maximum atomic E-state index is 12.0. The van der Waals surface area contributed by atoms with Gasteiger partial charge in [0.25, 0.3) is 5.91 Å². The number of amides is 1. The van der Waals surface area contributed by atoms with Crippen molar-refractivity contribution in [2.75, 3.05) is 0 Å². The topological polar surface area (TPSA) is 75.6 Å². The lowest BCUT2D eigenvalue weighted by Gasteiger charge is -2.22. The number of carboxylic acids is 1. The zero-order valence-corrected chi connectivity index (χ0v) is 12.0. The summed E-state index contributed by atoms with van der Waals surface area (Å²) < 4.78 is 5.47. The van der Waals surface area contributed by atoms with E-state index in [4.69, 9.17) is 9.84 Å². The van der Waals surface area contributed by atoms with Crippen LogP contribution in [0.25, 0.3) is 0 Å². The third-order valence-electron chi connectivity index (χ3n) is 3.20. The molecule has 0 saturated carbocycles. The molecule has 1 aromatic carbocycles. The third-order valence-corrected chi connectivity index (χ3v) is 3.20. The first-order valence-corrected chi connectivity index (χ1v) is 6.70. The van der Waals surface area contributed by atoms with Crippen molar-refractivity contribution < 1.29 is 19.4 Å². The number of benzene rings is 1. The molecule has 0 bridgehead atoms. The first kappa shape index (κ1) is 16.0. The quantitative estimate of drug-likeness (QED) is 0.801. The molecule has 1 unspecified atom stereocenters. The molecule has 0 fully saturated rings. The van der Waals surface area contributed by atoms with Gasteiger partial charge in [-0.15, -0.1) is 0 Å². The molecule has 2 N–H and O–H groups in total. The molecule has 3 atom stereocenters. The molecule has 1 amide bonds. The summed E-state index contributed by atoms with van der Waals surface area (Å²) in [6, 6.07) is 8.05. The molecule has 0 aliphatic carbocycles. The first-order chi connectivity index (χ1) is 9.45. The van der Waals surface area contributed by atoms with Crippen LogP contribution in [0.1, 0.15) is 27.2 Å². The van der Waals surface area contributed by atoms with Crippen LogP contribution in [0.15, 0.2) is 30.3 Å². The molecule has 20 heavy (non-hydrogen) atoms. The lowest BCUT2D eigenvalue weighted by Crippen LogP contribution is -2.49. The Morgan fingerprint density at radius 1 is 1.25 bits per heavy atom. The molecule has 0 saturated heterocycles. The van der Waals surface area contributed by atoms with E-state index in [1.807, 2.05) is 13.0 Å². The molecular formula is C15H21NO4. The van der Waals surface area contributed by atoms with Crippen LogP contribution in [0.4, 0.5) is 0 Å². The number of ether oxygens (including phenoxy) is 1. The van der Waals surface area contributed by atoms with E-state index in [9.17, 15) is 9.59 Å². The van der Waals surface area contributed by atoms with Crippen molar-refractivity contribution >= 4 is 11.9 Å². The molecule has 0 spiro atoms. The van der Waals surface area contributed by atoms with Crippen molar-refractivity contribution in [2.24, 2.45) is 5.92 Å². The van der Waals surface area contributed by atoms with E-state index in [0.29, 0.717) is 12.2 Å². The SMILES string of the molecule is CC[C@H](C)[C@H](NC(=O)C(C)Oc1ccccc1)C(=O)O. The highest BCUT2D eigenvalue weighted by molar-refractivity contribution is 5.86. The standard InChI is InChI=1S/C15H21NO4/c1-4-10(2)13(15(18)19)16-14(17)11(3)20-12-8-6-5-7-9-12/h5-11,13H,4H2,1-3H3,(H,16,17)(H,18,19)/t10-,11?,13-/m0/s1. The van der Waals surface area contributed by atoms with Gasteiger partial charge in [-0.3, -0.25) is 4.79 Å². The Labute approximate surface area is 118 Å². The van der Waals surface area contributed by atoms with Gasteiger partial charge in [-0.1, -0.05) is 38.5 Å². The molecule has 1 rings (SSSR count). The number of carbonyl (C=O) groups excluding carboxylic acids is 1. The van der Waals surface area contributed by atoms with Gasteiger partial charge >= 0.3 is 5.97 Å². The van der Waals surface area contributed by atoms with Crippen molar-refractivity contribution in [1.82, 2.24) is 5.32 Å². The highest BCUT2D eigenvalue weighted by atomic mass is 16.5. The van der Waals surface area contributed by atoms with E-state index in [2.05, 4.69) is 5.32 Å². The van der Waals surface area contributed by atoms with Gasteiger partial charge in [0, 0.05) is 0 Å². The van der Waals surface area contributed by atoms with Crippen LogP contribution in [-0.4, -0.2) is 29.1 Å². The molecule has 5 heteroatoms. The number of hydrogen-bond acceptors (Lipinski definition) is 3. The van der Waals surface area contributed by atoms with E-state index >= 15 is 0 Å². The van der Waals surface area contributed by atoms with Crippen LogP contribution in [-0.2, 0) is 9.59 Å². The van der Waals surface area contributed by atoms with Crippen LogP contribution in [0.3, 0.4) is 0 Å². The average Bonchev–Trinajstić information content (AvgIpc) is 2.44. The van der Waals surface area contributed by atoms with Gasteiger partial charge in [-0.25, -0.2) is 4.79 Å². The van der Waals surface area contributed by atoms with Gasteiger partial charge in [-0.05, 0) is 25.0 Å². The fourth-order valence-corrected chi connectivity index (χ4v) is 1.71. The number of carboxylic acid groups (broad SMARTS) is 1. The Balaban J connectivity index is 2.62. The highest BCUT2D eigenvalue weighted by Gasteiger charge is 2.27. The summed E-state index contributed by atoms with van der Waals surface area (Å²) in [6.07, 6.45) is -0.0751. The monoisotopic (exact) mass is 279 g/mol. The minimum Gasteiger partial charge on any atom is -0.481 e. The molecule has 110 valence electrons. The van der Waals surface area contributed by atoms with E-state index in [0.717, 1.165) is 0 Å². The van der Waals surface area contributed by atoms with E-state index in [1.165, 1.54) is 0 Å². The van der Waals surface area contributed by atoms with E-state index in [1.54, 1.807) is 38.1 Å². The van der Waals surface area contributed by atoms with Crippen molar-refractivity contribution in [3.05, 3.63) is 30.3 Å². The number of carbonyl (C=O) groups is 2. The minimum absolute atomic E-state index is 0.139. The van der Waals surface area contributed by atoms with Crippen molar-refractivity contribution in [3.8, 4) is 5.75 Å². The van der Waals surface area contributed by atoms with E-state index in [-0.39, 0.29) is 5.92 Å².